The standard InChI is InChI=1S/C16H24O4S/c1-5-19-14(17)16(12(3)4,15(18)20-6-2)9-7-13-8-10-21-11-13/h8,10-12H,5-7,9H2,1-4H3. The number of hydrogen-bond donors (Lipinski definition) is 0. The van der Waals surface area contributed by atoms with Gasteiger partial charge in [0.05, 0.1) is 13.2 Å². The molecule has 1 aromatic heterocycles. The molecule has 0 saturated heterocycles. The number of carbonyl (C=O) groups is 2. The van der Waals surface area contributed by atoms with Crippen LogP contribution >= 0.6 is 11.3 Å². The third-order valence-electron chi connectivity index (χ3n) is 3.65. The summed E-state index contributed by atoms with van der Waals surface area (Å²) in [6, 6.07) is 2.01. The quantitative estimate of drug-likeness (QED) is 0.545. The van der Waals surface area contributed by atoms with Crippen LogP contribution in [0.4, 0.5) is 0 Å². The first kappa shape index (κ1) is 17.7. The molecule has 0 unspecified atom stereocenters. The Kier molecular flexibility index (Phi) is 6.89. The molecule has 21 heavy (non-hydrogen) atoms. The molecule has 0 fully saturated rings. The van der Waals surface area contributed by atoms with Gasteiger partial charge >= 0.3 is 11.9 Å². The Morgan fingerprint density at radius 1 is 1.19 bits per heavy atom. The highest BCUT2D eigenvalue weighted by molar-refractivity contribution is 7.07. The second kappa shape index (κ2) is 8.17. The lowest BCUT2D eigenvalue weighted by Gasteiger charge is -2.32. The van der Waals surface area contributed by atoms with Gasteiger partial charge in [-0.25, -0.2) is 0 Å². The fourth-order valence-corrected chi connectivity index (χ4v) is 3.05. The molecule has 1 heterocycles. The van der Waals surface area contributed by atoms with Gasteiger partial charge in [0.2, 0.25) is 0 Å². The van der Waals surface area contributed by atoms with Crippen molar-refractivity contribution < 1.29 is 19.1 Å². The second-order valence-electron chi connectivity index (χ2n) is 5.20. The second-order valence-corrected chi connectivity index (χ2v) is 5.98. The first-order valence-electron chi connectivity index (χ1n) is 7.34. The smallest absolute Gasteiger partial charge is 0.323 e. The van der Waals surface area contributed by atoms with Crippen molar-refractivity contribution in [2.75, 3.05) is 13.2 Å². The first-order valence-corrected chi connectivity index (χ1v) is 8.28. The molecule has 0 spiro atoms. The van der Waals surface area contributed by atoms with Gasteiger partial charge in [0.1, 0.15) is 0 Å². The SMILES string of the molecule is CCOC(=O)C(CCc1ccsc1)(C(=O)OCC)C(C)C. The molecule has 0 radical (unpaired) electrons. The van der Waals surface area contributed by atoms with Crippen molar-refractivity contribution in [1.82, 2.24) is 0 Å². The van der Waals surface area contributed by atoms with Gasteiger partial charge < -0.3 is 9.47 Å². The minimum Gasteiger partial charge on any atom is -0.465 e. The number of rotatable bonds is 8. The van der Waals surface area contributed by atoms with Gasteiger partial charge in [-0.3, -0.25) is 9.59 Å². The van der Waals surface area contributed by atoms with E-state index in [9.17, 15) is 9.59 Å². The average molecular weight is 312 g/mol. The van der Waals surface area contributed by atoms with Crippen LogP contribution in [0.25, 0.3) is 0 Å². The summed E-state index contributed by atoms with van der Waals surface area (Å²) >= 11 is 1.60. The van der Waals surface area contributed by atoms with Crippen LogP contribution in [0, 0.1) is 11.3 Å². The van der Waals surface area contributed by atoms with Crippen LogP contribution in [0.2, 0.25) is 0 Å². The van der Waals surface area contributed by atoms with Crippen LogP contribution in [-0.2, 0) is 25.5 Å². The van der Waals surface area contributed by atoms with Crippen molar-refractivity contribution in [2.24, 2.45) is 11.3 Å². The van der Waals surface area contributed by atoms with Crippen LogP contribution in [0.3, 0.4) is 0 Å². The average Bonchev–Trinajstić information content (AvgIpc) is 2.93. The van der Waals surface area contributed by atoms with Gasteiger partial charge in [0, 0.05) is 0 Å². The maximum atomic E-state index is 12.5. The van der Waals surface area contributed by atoms with Crippen molar-refractivity contribution >= 4 is 23.3 Å². The lowest BCUT2D eigenvalue weighted by Crippen LogP contribution is -2.46. The molecule has 4 nitrogen and oxygen atoms in total. The van der Waals surface area contributed by atoms with E-state index in [4.69, 9.17) is 9.47 Å². The zero-order chi connectivity index (χ0) is 15.9. The van der Waals surface area contributed by atoms with E-state index in [2.05, 4.69) is 0 Å². The molecule has 5 heteroatoms. The van der Waals surface area contributed by atoms with E-state index in [1.807, 2.05) is 30.7 Å². The Balaban J connectivity index is 3.04. The summed E-state index contributed by atoms with van der Waals surface area (Å²) in [6.07, 6.45) is 1.05. The number of thiophene rings is 1. The minimum absolute atomic E-state index is 0.186. The molecule has 0 aliphatic carbocycles. The Morgan fingerprint density at radius 2 is 1.76 bits per heavy atom. The van der Waals surface area contributed by atoms with E-state index < -0.39 is 17.4 Å². The van der Waals surface area contributed by atoms with E-state index in [0.29, 0.717) is 12.8 Å². The van der Waals surface area contributed by atoms with Gasteiger partial charge in [-0.1, -0.05) is 13.8 Å². The Labute approximate surface area is 130 Å². The van der Waals surface area contributed by atoms with Crippen molar-refractivity contribution in [3.63, 3.8) is 0 Å². The van der Waals surface area contributed by atoms with Crippen molar-refractivity contribution in [1.29, 1.82) is 0 Å². The highest BCUT2D eigenvalue weighted by Gasteiger charge is 2.51. The van der Waals surface area contributed by atoms with Crippen molar-refractivity contribution in [3.8, 4) is 0 Å². The molecule has 0 atom stereocenters. The summed E-state index contributed by atoms with van der Waals surface area (Å²) in [5.41, 5.74) is -0.104. The highest BCUT2D eigenvalue weighted by Crippen LogP contribution is 2.36. The van der Waals surface area contributed by atoms with E-state index >= 15 is 0 Å². The van der Waals surface area contributed by atoms with E-state index in [1.165, 1.54) is 0 Å². The van der Waals surface area contributed by atoms with Gasteiger partial charge in [0.25, 0.3) is 0 Å². The number of ether oxygens (including phenoxy) is 2. The molecule has 0 bridgehead atoms. The van der Waals surface area contributed by atoms with Crippen LogP contribution < -0.4 is 0 Å². The van der Waals surface area contributed by atoms with Crippen molar-refractivity contribution in [2.45, 2.75) is 40.5 Å². The Hall–Kier alpha value is -1.36. The van der Waals surface area contributed by atoms with Crippen LogP contribution in [0.1, 0.15) is 39.7 Å². The Bertz CT molecular complexity index is 433. The third kappa shape index (κ3) is 4.06. The van der Waals surface area contributed by atoms with E-state index in [0.717, 1.165) is 5.56 Å². The lowest BCUT2D eigenvalue weighted by atomic mass is 9.73. The molecule has 0 aliphatic rings. The monoisotopic (exact) mass is 312 g/mol. The maximum absolute atomic E-state index is 12.5. The maximum Gasteiger partial charge on any atom is 0.323 e. The fraction of sp³-hybridized carbons (Fsp3) is 0.625. The number of carbonyl (C=O) groups excluding carboxylic acids is 2. The molecule has 1 rings (SSSR count). The van der Waals surface area contributed by atoms with Gasteiger partial charge in [0.15, 0.2) is 5.41 Å². The third-order valence-corrected chi connectivity index (χ3v) is 4.39. The summed E-state index contributed by atoms with van der Waals surface area (Å²) in [7, 11) is 0. The number of hydrogen-bond acceptors (Lipinski definition) is 5. The summed E-state index contributed by atoms with van der Waals surface area (Å²) in [4.78, 5) is 24.9. The minimum atomic E-state index is -1.23. The van der Waals surface area contributed by atoms with Crippen LogP contribution in [-0.4, -0.2) is 25.2 Å². The molecule has 118 valence electrons. The molecule has 0 saturated carbocycles. The predicted octanol–water partition coefficient (Wildman–Crippen LogP) is 3.45. The molecule has 1 aromatic rings. The van der Waals surface area contributed by atoms with Crippen LogP contribution in [0.15, 0.2) is 16.8 Å². The van der Waals surface area contributed by atoms with E-state index in [-0.39, 0.29) is 19.1 Å². The zero-order valence-corrected chi connectivity index (χ0v) is 14.0. The zero-order valence-electron chi connectivity index (χ0n) is 13.2. The molecular weight excluding hydrogens is 288 g/mol. The lowest BCUT2D eigenvalue weighted by molar-refractivity contribution is -0.176. The molecule has 0 N–H and O–H groups in total. The molecule has 0 amide bonds. The largest absolute Gasteiger partial charge is 0.465 e. The number of esters is 2. The van der Waals surface area contributed by atoms with Gasteiger partial charge in [-0.05, 0) is 55.0 Å². The normalized spacial score (nSPS) is 11.5. The summed E-state index contributed by atoms with van der Waals surface area (Å²) in [5.74, 6) is -1.14. The van der Waals surface area contributed by atoms with Gasteiger partial charge in [-0.2, -0.15) is 11.3 Å². The number of aryl methyl sites for hydroxylation is 1. The highest BCUT2D eigenvalue weighted by atomic mass is 32.1. The van der Waals surface area contributed by atoms with Crippen LogP contribution in [0.5, 0.6) is 0 Å². The molecule has 0 aliphatic heterocycles. The summed E-state index contributed by atoms with van der Waals surface area (Å²) < 4.78 is 10.3. The summed E-state index contributed by atoms with van der Waals surface area (Å²) in [6.45, 7) is 7.72. The van der Waals surface area contributed by atoms with E-state index in [1.54, 1.807) is 25.2 Å². The van der Waals surface area contributed by atoms with Gasteiger partial charge in [-0.15, -0.1) is 0 Å². The summed E-state index contributed by atoms with van der Waals surface area (Å²) in [5, 5.41) is 4.02. The molecular formula is C16H24O4S. The molecule has 0 aromatic carbocycles. The fourth-order valence-electron chi connectivity index (χ4n) is 2.34. The topological polar surface area (TPSA) is 52.6 Å². The Morgan fingerprint density at radius 3 is 2.14 bits per heavy atom. The predicted molar refractivity (Wildman–Crippen MR) is 83.2 cm³/mol. The first-order chi connectivity index (χ1) is 9.98. The van der Waals surface area contributed by atoms with Crippen molar-refractivity contribution in [3.05, 3.63) is 22.4 Å².